The maximum Gasteiger partial charge on any atom is 0.182 e. The van der Waals surface area contributed by atoms with Gasteiger partial charge in [0.25, 0.3) is 0 Å². The third-order valence-electron chi connectivity index (χ3n) is 7.13. The molecule has 0 saturated heterocycles. The van der Waals surface area contributed by atoms with E-state index in [1.54, 1.807) is 29.3 Å². The number of rotatable bonds is 3. The molecule has 4 N–H and O–H groups in total. The van der Waals surface area contributed by atoms with Crippen LogP contribution in [-0.2, 0) is 0 Å². The summed E-state index contributed by atoms with van der Waals surface area (Å²) in [5.74, 6) is 1.17. The lowest BCUT2D eigenvalue weighted by molar-refractivity contribution is 0.843. The quantitative estimate of drug-likeness (QED) is 0.185. The molecule has 14 heteroatoms. The minimum atomic E-state index is 0.249. The maximum absolute atomic E-state index is 6.39. The first-order valence-electron chi connectivity index (χ1n) is 14.8. The molecule has 8 rings (SSSR count). The first-order chi connectivity index (χ1) is 23.7. The highest BCUT2D eigenvalue weighted by Gasteiger charge is 2.15. The van der Waals surface area contributed by atoms with Gasteiger partial charge in [-0.3, -0.25) is 15.0 Å². The Morgan fingerprint density at radius 2 is 1.31 bits per heavy atom. The van der Waals surface area contributed by atoms with Gasteiger partial charge in [0.15, 0.2) is 11.0 Å². The minimum absolute atomic E-state index is 0.249. The Hall–Kier alpha value is -5.49. The zero-order valence-corrected chi connectivity index (χ0v) is 28.5. The fourth-order valence-electron chi connectivity index (χ4n) is 4.87. The Balaban J connectivity index is 0.000000148. The molecule has 1 aliphatic rings. The molecule has 0 radical (unpaired) electrons. The minimum Gasteiger partial charge on any atom is -0.382 e. The molecule has 0 aliphatic carbocycles. The average molecular weight is 709 g/mol. The number of hydrogen-bond acceptors (Lipinski definition) is 10. The van der Waals surface area contributed by atoms with E-state index in [-0.39, 0.29) is 11.0 Å². The number of aryl methyl sites for hydroxylation is 1. The Morgan fingerprint density at radius 3 is 1.82 bits per heavy atom. The van der Waals surface area contributed by atoms with Crippen LogP contribution >= 0.6 is 34.8 Å². The fraction of sp³-hybridized carbons (Fsp3) is 0.0857. The van der Waals surface area contributed by atoms with Crippen LogP contribution in [-0.4, -0.2) is 52.4 Å². The largest absolute Gasteiger partial charge is 0.382 e. The maximum atomic E-state index is 6.39. The molecule has 0 fully saturated rings. The van der Waals surface area contributed by atoms with E-state index in [4.69, 9.17) is 46.3 Å². The van der Waals surface area contributed by atoms with Crippen molar-refractivity contribution in [1.82, 2.24) is 39.7 Å². The summed E-state index contributed by atoms with van der Waals surface area (Å²) in [5, 5.41) is 7.51. The number of anilines is 2. The predicted molar refractivity (Wildman–Crippen MR) is 198 cm³/mol. The lowest BCUT2D eigenvalue weighted by atomic mass is 10.1. The summed E-state index contributed by atoms with van der Waals surface area (Å²) >= 11 is 18.7. The number of nitrogens with two attached hydrogens (primary N) is 2. The molecule has 7 aromatic rings. The summed E-state index contributed by atoms with van der Waals surface area (Å²) in [4.78, 5) is 29.5. The van der Waals surface area contributed by atoms with Crippen molar-refractivity contribution in [2.24, 2.45) is 4.99 Å². The number of aliphatic imine (C=N–C) groups is 1. The third kappa shape index (κ3) is 7.81. The van der Waals surface area contributed by atoms with Crippen molar-refractivity contribution >= 4 is 74.5 Å². The van der Waals surface area contributed by atoms with Crippen molar-refractivity contribution in [3.05, 3.63) is 118 Å². The van der Waals surface area contributed by atoms with Crippen LogP contribution in [0.2, 0.25) is 15.2 Å². The second kappa shape index (κ2) is 14.7. The standard InChI is InChI=1S/C17H13ClN6.C13H8Cl2N4.C5H7N/c1-10-7-22-24(9-10)17-16(21-8-14(19)23-17)12-5-11-3-2-4-20-15(11)13(18)6-12;14-9-5-8(4-7-2-1-3-17-11(7)9)12-13(15)19-10(16)6-18-12;1-5-2-3-6-4-5/h2-9H,1H3,(H2,19,23);1-6H,(H2,16,19);2,4H,3H2,1H3. The van der Waals surface area contributed by atoms with Crippen molar-refractivity contribution in [1.29, 1.82) is 0 Å². The molecular weight excluding hydrogens is 681 g/mol. The summed E-state index contributed by atoms with van der Waals surface area (Å²) in [6.45, 7) is 4.91. The fourth-order valence-corrected chi connectivity index (χ4v) is 5.68. The van der Waals surface area contributed by atoms with Crippen LogP contribution < -0.4 is 11.5 Å². The number of hydrogen-bond donors (Lipinski definition) is 2. The van der Waals surface area contributed by atoms with E-state index in [2.05, 4.69) is 53.0 Å². The zero-order chi connectivity index (χ0) is 34.5. The highest BCUT2D eigenvalue weighted by atomic mass is 35.5. The molecule has 0 amide bonds. The first-order valence-corrected chi connectivity index (χ1v) is 16.0. The van der Waals surface area contributed by atoms with Gasteiger partial charge in [0, 0.05) is 46.7 Å². The van der Waals surface area contributed by atoms with Crippen LogP contribution in [0, 0.1) is 6.92 Å². The van der Waals surface area contributed by atoms with Crippen LogP contribution in [0.15, 0.2) is 102 Å². The van der Waals surface area contributed by atoms with Crippen LogP contribution in [0.5, 0.6) is 0 Å². The Morgan fingerprint density at radius 1 is 0.714 bits per heavy atom. The van der Waals surface area contributed by atoms with Crippen molar-refractivity contribution in [2.45, 2.75) is 13.8 Å². The number of fused-ring (bicyclic) bond motifs is 2. The SMILES string of the molecule is CC1=CCN=C1.Cc1cnn(-c2nc(N)cnc2-c2cc(Cl)c3ncccc3c2)c1.Nc1cnc(-c2cc(Cl)c3ncccc3c2)c(Cl)n1. The van der Waals surface area contributed by atoms with Gasteiger partial charge < -0.3 is 11.5 Å². The topological polar surface area (TPSA) is 160 Å². The summed E-state index contributed by atoms with van der Waals surface area (Å²) in [6, 6.07) is 15.1. The van der Waals surface area contributed by atoms with Crippen molar-refractivity contribution < 1.29 is 0 Å². The predicted octanol–water partition coefficient (Wildman–Crippen LogP) is 8.02. The van der Waals surface area contributed by atoms with Crippen molar-refractivity contribution in [2.75, 3.05) is 18.0 Å². The molecular formula is C35H28Cl3N11. The molecule has 11 nitrogen and oxygen atoms in total. The van der Waals surface area contributed by atoms with Gasteiger partial charge in [0.05, 0.1) is 46.2 Å². The van der Waals surface area contributed by atoms with E-state index in [0.717, 1.165) is 45.0 Å². The number of pyridine rings is 2. The Labute approximate surface area is 296 Å². The van der Waals surface area contributed by atoms with E-state index >= 15 is 0 Å². The van der Waals surface area contributed by atoms with Crippen LogP contribution in [0.3, 0.4) is 0 Å². The second-order valence-electron chi connectivity index (χ2n) is 10.9. The van der Waals surface area contributed by atoms with Gasteiger partial charge in [-0.25, -0.2) is 24.6 Å². The van der Waals surface area contributed by atoms with Gasteiger partial charge in [-0.1, -0.05) is 53.0 Å². The Bertz CT molecular complexity index is 2370. The van der Waals surface area contributed by atoms with Gasteiger partial charge >= 0.3 is 0 Å². The number of allylic oxidation sites excluding steroid dienone is 1. The lowest BCUT2D eigenvalue weighted by Gasteiger charge is -2.10. The number of aromatic nitrogens is 8. The van der Waals surface area contributed by atoms with Crippen molar-refractivity contribution in [3.63, 3.8) is 0 Å². The molecule has 0 bridgehead atoms. The molecule has 2 aromatic carbocycles. The molecule has 0 unspecified atom stereocenters. The molecule has 0 atom stereocenters. The second-order valence-corrected chi connectivity index (χ2v) is 12.0. The Kier molecular flexibility index (Phi) is 10.0. The molecule has 0 spiro atoms. The smallest absolute Gasteiger partial charge is 0.182 e. The van der Waals surface area contributed by atoms with Crippen LogP contribution in [0.4, 0.5) is 11.6 Å². The van der Waals surface area contributed by atoms with Gasteiger partial charge in [0.2, 0.25) is 0 Å². The van der Waals surface area contributed by atoms with Crippen LogP contribution in [0.1, 0.15) is 12.5 Å². The molecule has 6 heterocycles. The lowest BCUT2D eigenvalue weighted by Crippen LogP contribution is -2.05. The number of benzene rings is 2. The molecule has 0 saturated carbocycles. The number of halogens is 3. The van der Waals surface area contributed by atoms with Gasteiger partial charge in [0.1, 0.15) is 23.0 Å². The van der Waals surface area contributed by atoms with Gasteiger partial charge in [-0.15, -0.1) is 0 Å². The van der Waals surface area contributed by atoms with E-state index in [1.165, 1.54) is 18.0 Å². The van der Waals surface area contributed by atoms with Gasteiger partial charge in [-0.05, 0) is 61.4 Å². The molecule has 49 heavy (non-hydrogen) atoms. The van der Waals surface area contributed by atoms with Gasteiger partial charge in [-0.2, -0.15) is 5.10 Å². The molecule has 244 valence electrons. The third-order valence-corrected chi connectivity index (χ3v) is 7.97. The van der Waals surface area contributed by atoms with Crippen LogP contribution in [0.25, 0.3) is 50.1 Å². The summed E-state index contributed by atoms with van der Waals surface area (Å²) in [7, 11) is 0. The number of nitrogens with zero attached hydrogens (tertiary/aromatic N) is 9. The van der Waals surface area contributed by atoms with E-state index in [9.17, 15) is 0 Å². The highest BCUT2D eigenvalue weighted by Crippen LogP contribution is 2.33. The normalized spacial score (nSPS) is 11.9. The summed E-state index contributed by atoms with van der Waals surface area (Å²) < 4.78 is 1.66. The summed E-state index contributed by atoms with van der Waals surface area (Å²) in [5.41, 5.74) is 18.0. The average Bonchev–Trinajstić information content (AvgIpc) is 3.76. The van der Waals surface area contributed by atoms with E-state index in [0.29, 0.717) is 33.1 Å². The molecule has 5 aromatic heterocycles. The summed E-state index contributed by atoms with van der Waals surface area (Å²) in [6.07, 6.45) is 14.0. The van der Waals surface area contributed by atoms with E-state index in [1.807, 2.05) is 61.8 Å². The number of nitrogen functional groups attached to an aromatic ring is 2. The highest BCUT2D eigenvalue weighted by molar-refractivity contribution is 6.36. The van der Waals surface area contributed by atoms with E-state index < -0.39 is 0 Å². The monoisotopic (exact) mass is 707 g/mol. The zero-order valence-electron chi connectivity index (χ0n) is 26.3. The van der Waals surface area contributed by atoms with Crippen molar-refractivity contribution in [3.8, 4) is 28.3 Å². The molecule has 1 aliphatic heterocycles. The first kappa shape index (κ1) is 33.4.